The lowest BCUT2D eigenvalue weighted by atomic mass is 10.1. The number of allylic oxidation sites excluding steroid dienone is 1. The van der Waals surface area contributed by atoms with Gasteiger partial charge < -0.3 is 25.4 Å². The molecule has 0 spiro atoms. The molecule has 1 saturated heterocycles. The number of ether oxygens (including phenoxy) is 2. The second-order valence-electron chi connectivity index (χ2n) is 14.1. The maximum absolute atomic E-state index is 14.2. The minimum atomic E-state index is -4.68. The molecule has 7 rings (SSSR count). The predicted molar refractivity (Wildman–Crippen MR) is 193 cm³/mol. The molecule has 0 bridgehead atoms. The molecule has 290 valence electrons. The molecule has 3 amide bonds. The van der Waals surface area contributed by atoms with Crippen LogP contribution in [0.2, 0.25) is 5.02 Å². The van der Waals surface area contributed by atoms with Crippen LogP contribution in [0.15, 0.2) is 35.7 Å². The highest BCUT2D eigenvalue weighted by molar-refractivity contribution is 7.91. The van der Waals surface area contributed by atoms with Crippen LogP contribution in [-0.4, -0.2) is 83.6 Å². The van der Waals surface area contributed by atoms with Gasteiger partial charge in [-0.05, 0) is 50.7 Å². The number of pyridine rings is 1. The Kier molecular flexibility index (Phi) is 10.3. The summed E-state index contributed by atoms with van der Waals surface area (Å²) in [5.41, 5.74) is 3.95. The lowest BCUT2D eigenvalue weighted by Crippen LogP contribution is -2.57. The fourth-order valence-corrected chi connectivity index (χ4v) is 9.45. The smallest absolute Gasteiger partial charge is 0.434 e. The highest BCUT2D eigenvalue weighted by Crippen LogP contribution is 2.46. The lowest BCUT2D eigenvalue weighted by Gasteiger charge is -2.28. The van der Waals surface area contributed by atoms with Gasteiger partial charge >= 0.3 is 6.18 Å². The Morgan fingerprint density at radius 3 is 2.63 bits per heavy atom. The zero-order valence-electron chi connectivity index (χ0n) is 29.0. The van der Waals surface area contributed by atoms with Gasteiger partial charge in [-0.2, -0.15) is 13.2 Å². The third kappa shape index (κ3) is 7.62. The van der Waals surface area contributed by atoms with E-state index in [0.29, 0.717) is 37.5 Å². The summed E-state index contributed by atoms with van der Waals surface area (Å²) >= 11 is 7.37. The Hall–Kier alpha value is -4.00. The van der Waals surface area contributed by atoms with Crippen molar-refractivity contribution >= 4 is 61.6 Å². The van der Waals surface area contributed by atoms with Gasteiger partial charge in [0.25, 0.3) is 5.91 Å². The average molecular weight is 811 g/mol. The topological polar surface area (TPSA) is 183 Å². The SMILES string of the molecule is COc1ccc2c(O[C@@H]3C[C@H]4C(=O)N[C@]5(C(=O)NS(=O)(=O)C6CC6)C[C@H]5/C=C\CCCCC[C@H](N)C(=O)N4C3)cc(-c3nc(C(F)(F)F)cs3)nc2c1Cl. The van der Waals surface area contributed by atoms with Crippen molar-refractivity contribution in [2.24, 2.45) is 11.7 Å². The zero-order valence-corrected chi connectivity index (χ0v) is 31.4. The van der Waals surface area contributed by atoms with Crippen LogP contribution < -0.4 is 25.2 Å². The van der Waals surface area contributed by atoms with Crippen molar-refractivity contribution in [2.45, 2.75) is 92.9 Å². The number of alkyl halides is 3. The molecule has 5 atom stereocenters. The molecule has 2 aliphatic carbocycles. The number of hydrogen-bond donors (Lipinski definition) is 3. The minimum absolute atomic E-state index is 0.0405. The van der Waals surface area contributed by atoms with Crippen molar-refractivity contribution in [1.29, 1.82) is 0 Å². The van der Waals surface area contributed by atoms with E-state index in [2.05, 4.69) is 20.0 Å². The van der Waals surface area contributed by atoms with E-state index >= 15 is 0 Å². The zero-order chi connectivity index (χ0) is 38.6. The van der Waals surface area contributed by atoms with Crippen LogP contribution in [0.5, 0.6) is 11.5 Å². The number of hydrogen-bond acceptors (Lipinski definition) is 11. The third-order valence-electron chi connectivity index (χ3n) is 10.3. The van der Waals surface area contributed by atoms with Crippen molar-refractivity contribution < 1.29 is 45.4 Å². The molecule has 19 heteroatoms. The Morgan fingerprint density at radius 2 is 1.93 bits per heavy atom. The van der Waals surface area contributed by atoms with Gasteiger partial charge in [0.15, 0.2) is 5.69 Å². The quantitative estimate of drug-likeness (QED) is 0.283. The van der Waals surface area contributed by atoms with Gasteiger partial charge in [-0.3, -0.25) is 19.1 Å². The second-order valence-corrected chi connectivity index (χ2v) is 17.3. The molecule has 1 aromatic carbocycles. The maximum atomic E-state index is 14.2. The molecule has 2 saturated carbocycles. The molecule has 0 radical (unpaired) electrons. The predicted octanol–water partition coefficient (Wildman–Crippen LogP) is 4.72. The van der Waals surface area contributed by atoms with Crippen LogP contribution >= 0.6 is 22.9 Å². The molecule has 3 aromatic rings. The Labute approximate surface area is 317 Å². The van der Waals surface area contributed by atoms with Crippen LogP contribution in [0.1, 0.15) is 63.5 Å². The molecule has 13 nitrogen and oxygen atoms in total. The van der Waals surface area contributed by atoms with Crippen molar-refractivity contribution in [2.75, 3.05) is 13.7 Å². The minimum Gasteiger partial charge on any atom is -0.495 e. The molecule has 0 unspecified atom stereocenters. The van der Waals surface area contributed by atoms with Crippen LogP contribution in [-0.2, 0) is 30.6 Å². The molecular weight excluding hydrogens is 773 g/mol. The number of sulfonamides is 1. The highest BCUT2D eigenvalue weighted by Gasteiger charge is 2.62. The average Bonchev–Trinajstić information content (AvgIpc) is 3.99. The monoisotopic (exact) mass is 810 g/mol. The highest BCUT2D eigenvalue weighted by atomic mass is 35.5. The van der Waals surface area contributed by atoms with Crippen molar-refractivity contribution in [3.05, 3.63) is 46.4 Å². The van der Waals surface area contributed by atoms with Crippen molar-refractivity contribution in [3.8, 4) is 22.2 Å². The van der Waals surface area contributed by atoms with Gasteiger partial charge in [0.05, 0.1) is 30.5 Å². The number of halogens is 4. The Balaban J connectivity index is 1.22. The van der Waals surface area contributed by atoms with Crippen LogP contribution in [0.25, 0.3) is 21.6 Å². The van der Waals surface area contributed by atoms with Crippen molar-refractivity contribution in [3.63, 3.8) is 0 Å². The number of fused-ring (bicyclic) bond motifs is 3. The van der Waals surface area contributed by atoms with E-state index < -0.39 is 74.5 Å². The van der Waals surface area contributed by atoms with E-state index in [1.807, 2.05) is 12.2 Å². The summed E-state index contributed by atoms with van der Waals surface area (Å²) in [5.74, 6) is -2.06. The summed E-state index contributed by atoms with van der Waals surface area (Å²) in [4.78, 5) is 51.3. The van der Waals surface area contributed by atoms with E-state index in [0.717, 1.165) is 29.6 Å². The summed E-state index contributed by atoms with van der Waals surface area (Å²) in [6.45, 7) is -0.0955. The molecule has 2 aliphatic heterocycles. The lowest BCUT2D eigenvalue weighted by molar-refractivity contribution is -0.141. The first kappa shape index (κ1) is 38.3. The van der Waals surface area contributed by atoms with Gasteiger partial charge in [0, 0.05) is 29.2 Å². The van der Waals surface area contributed by atoms with E-state index in [-0.39, 0.29) is 52.1 Å². The Morgan fingerprint density at radius 1 is 1.15 bits per heavy atom. The van der Waals surface area contributed by atoms with Gasteiger partial charge in [-0.15, -0.1) is 11.3 Å². The van der Waals surface area contributed by atoms with Crippen LogP contribution in [0.4, 0.5) is 13.2 Å². The third-order valence-corrected chi connectivity index (χ3v) is 13.3. The second kappa shape index (κ2) is 14.6. The van der Waals surface area contributed by atoms with Gasteiger partial charge in [0.2, 0.25) is 21.8 Å². The first-order valence-electron chi connectivity index (χ1n) is 17.6. The molecule has 2 aromatic heterocycles. The number of thiazole rings is 1. The summed E-state index contributed by atoms with van der Waals surface area (Å²) in [6, 6.07) is 2.54. The number of nitrogens with one attached hydrogen (secondary N) is 2. The molecule has 4 aliphatic rings. The van der Waals surface area contributed by atoms with E-state index in [4.69, 9.17) is 26.8 Å². The first-order chi connectivity index (χ1) is 25.6. The number of carbonyl (C=O) groups is 3. The largest absolute Gasteiger partial charge is 0.495 e. The maximum Gasteiger partial charge on any atom is 0.434 e. The summed E-state index contributed by atoms with van der Waals surface area (Å²) in [7, 11) is -2.52. The number of rotatable bonds is 7. The first-order valence-corrected chi connectivity index (χ1v) is 20.4. The summed E-state index contributed by atoms with van der Waals surface area (Å²) < 4.78 is 79.9. The summed E-state index contributed by atoms with van der Waals surface area (Å²) in [5, 5.41) is 3.44. The standard InChI is InChI=1S/C35H38ClF3N6O7S2/c1-51-25-12-11-21-26(14-23(41-29(21)28(25)36)31-42-27(17-53-31)35(37,38)39)52-19-13-24-30(46)43-34(33(48)44-54(49,50)20-9-10-20)15-18(34)7-5-3-2-4-6-8-22(40)32(47)45(24)16-19/h5,7,11-12,14,17-20,22,24H,2-4,6,8-10,13,15-16,40H2,1H3,(H,43,46)(H,44,48)/b7-5-/t18-,19-,22+,24+,34-/m1/s1. The number of benzene rings is 1. The van der Waals surface area contributed by atoms with E-state index in [1.54, 1.807) is 12.1 Å². The normalized spacial score (nSPS) is 27.3. The number of aromatic nitrogens is 2. The van der Waals surface area contributed by atoms with Crippen LogP contribution in [0.3, 0.4) is 0 Å². The van der Waals surface area contributed by atoms with E-state index in [1.165, 1.54) is 18.1 Å². The molecule has 4 heterocycles. The van der Waals surface area contributed by atoms with Gasteiger partial charge in [0.1, 0.15) is 44.9 Å². The van der Waals surface area contributed by atoms with Gasteiger partial charge in [-0.25, -0.2) is 18.4 Å². The number of nitrogens with zero attached hydrogens (tertiary/aromatic N) is 3. The molecule has 54 heavy (non-hydrogen) atoms. The fourth-order valence-electron chi connectivity index (χ4n) is 7.02. The molecule has 3 fully saturated rings. The molecule has 4 N–H and O–H groups in total. The fraction of sp³-hybridized carbons (Fsp3) is 0.514. The number of methoxy groups -OCH3 is 1. The molecular formula is C35H38ClF3N6O7S2. The number of carbonyl (C=O) groups excluding carboxylic acids is 3. The number of nitrogens with two attached hydrogens (primary N) is 1. The van der Waals surface area contributed by atoms with Crippen LogP contribution in [0, 0.1) is 5.92 Å². The van der Waals surface area contributed by atoms with E-state index in [9.17, 15) is 36.0 Å². The van der Waals surface area contributed by atoms with Crippen molar-refractivity contribution in [1.82, 2.24) is 24.9 Å². The number of amides is 3. The van der Waals surface area contributed by atoms with Gasteiger partial charge in [-0.1, -0.05) is 36.6 Å². The summed E-state index contributed by atoms with van der Waals surface area (Å²) in [6.07, 6.45) is 2.58. The Bertz CT molecular complexity index is 2130.